The molecule has 1 aromatic carbocycles. The third-order valence-electron chi connectivity index (χ3n) is 4.27. The van der Waals surface area contributed by atoms with Crippen LogP contribution in [0.5, 0.6) is 0 Å². The quantitative estimate of drug-likeness (QED) is 0.779. The van der Waals surface area contributed by atoms with Crippen LogP contribution in [-0.4, -0.2) is 48.0 Å². The number of nitrogens with zero attached hydrogens (tertiary/aromatic N) is 2. The topological polar surface area (TPSA) is 32.8 Å². The monoisotopic (exact) mass is 320 g/mol. The van der Waals surface area contributed by atoms with E-state index in [1.165, 1.54) is 10.6 Å². The largest absolute Gasteiger partial charge is 0.444 e. The number of ether oxygens (including phenoxy) is 1. The predicted octanol–water partition coefficient (Wildman–Crippen LogP) is 3.61. The van der Waals surface area contributed by atoms with Crippen molar-refractivity contribution in [3.8, 4) is 0 Å². The maximum absolute atomic E-state index is 12.3. The average Bonchev–Trinajstić information content (AvgIpc) is 3.05. The number of carbonyl (C=O) groups excluding carboxylic acids is 1. The van der Waals surface area contributed by atoms with Gasteiger partial charge in [-0.25, -0.2) is 4.79 Å². The first-order chi connectivity index (χ1) is 10.4. The van der Waals surface area contributed by atoms with Gasteiger partial charge in [-0.1, -0.05) is 0 Å². The van der Waals surface area contributed by atoms with E-state index >= 15 is 0 Å². The van der Waals surface area contributed by atoms with Gasteiger partial charge in [-0.05, 0) is 57.7 Å². The van der Waals surface area contributed by atoms with Crippen molar-refractivity contribution in [3.63, 3.8) is 0 Å². The van der Waals surface area contributed by atoms with Crippen LogP contribution in [0.2, 0.25) is 0 Å². The third kappa shape index (κ3) is 3.05. The second-order valence-corrected chi connectivity index (χ2v) is 7.91. The van der Waals surface area contributed by atoms with E-state index in [4.69, 9.17) is 4.74 Å². The van der Waals surface area contributed by atoms with Crippen LogP contribution < -0.4 is 4.90 Å². The van der Waals surface area contributed by atoms with Gasteiger partial charge in [0.2, 0.25) is 0 Å². The minimum absolute atomic E-state index is 0.169. The molecule has 2 saturated heterocycles. The number of hydrogen-bond acceptors (Lipinski definition) is 4. The number of likely N-dealkylation sites (tertiary alicyclic amines) is 1. The van der Waals surface area contributed by atoms with Crippen molar-refractivity contribution in [2.24, 2.45) is 0 Å². The smallest absolute Gasteiger partial charge is 0.410 e. The van der Waals surface area contributed by atoms with E-state index in [1.807, 2.05) is 25.7 Å². The molecule has 4 nitrogen and oxygen atoms in total. The first-order valence-electron chi connectivity index (χ1n) is 7.78. The van der Waals surface area contributed by atoms with E-state index in [-0.39, 0.29) is 12.1 Å². The molecule has 0 N–H and O–H groups in total. The zero-order valence-electron chi connectivity index (χ0n) is 13.7. The molecule has 0 radical (unpaired) electrons. The summed E-state index contributed by atoms with van der Waals surface area (Å²) in [5.41, 5.74) is 0.834. The molecular formula is C17H24N2O2S. The number of rotatable bonds is 2. The SMILES string of the molecule is CSc1ccc(N2CC3CC2CN3C(=O)OC(C)(C)C)cc1. The molecule has 2 bridgehead atoms. The molecule has 2 atom stereocenters. The van der Waals surface area contributed by atoms with E-state index < -0.39 is 5.60 Å². The van der Waals surface area contributed by atoms with Crippen LogP contribution in [0, 0.1) is 0 Å². The zero-order valence-corrected chi connectivity index (χ0v) is 14.5. The minimum atomic E-state index is -0.424. The van der Waals surface area contributed by atoms with E-state index in [0.29, 0.717) is 6.04 Å². The molecule has 1 aromatic rings. The van der Waals surface area contributed by atoms with Gasteiger partial charge in [0.1, 0.15) is 5.60 Å². The Morgan fingerprint density at radius 2 is 1.86 bits per heavy atom. The third-order valence-corrected chi connectivity index (χ3v) is 5.02. The van der Waals surface area contributed by atoms with Gasteiger partial charge in [0.05, 0.1) is 6.04 Å². The van der Waals surface area contributed by atoms with E-state index in [2.05, 4.69) is 35.4 Å². The number of anilines is 1. The fourth-order valence-corrected chi connectivity index (χ4v) is 3.71. The summed E-state index contributed by atoms with van der Waals surface area (Å²) in [6.07, 6.45) is 2.96. The first-order valence-corrected chi connectivity index (χ1v) is 9.00. The second-order valence-electron chi connectivity index (χ2n) is 7.03. The van der Waals surface area contributed by atoms with Crippen LogP contribution in [0.25, 0.3) is 0 Å². The van der Waals surface area contributed by atoms with E-state index in [1.54, 1.807) is 11.8 Å². The molecular weight excluding hydrogens is 296 g/mol. The predicted molar refractivity (Wildman–Crippen MR) is 90.7 cm³/mol. The van der Waals surface area contributed by atoms with Crippen molar-refractivity contribution >= 4 is 23.5 Å². The lowest BCUT2D eigenvalue weighted by Gasteiger charge is -2.36. The number of hydrogen-bond donors (Lipinski definition) is 0. The first kappa shape index (κ1) is 15.5. The number of fused-ring (bicyclic) bond motifs is 2. The molecule has 2 aliphatic rings. The van der Waals surface area contributed by atoms with E-state index in [0.717, 1.165) is 19.5 Å². The van der Waals surface area contributed by atoms with Gasteiger partial charge in [0, 0.05) is 29.7 Å². The van der Waals surface area contributed by atoms with Gasteiger partial charge in [0.15, 0.2) is 0 Å². The number of benzene rings is 1. The molecule has 0 aliphatic carbocycles. The standard InChI is InChI=1S/C17H24N2O2S/c1-17(2,3)21-16(20)19-11-13-9-14(19)10-18(13)12-5-7-15(22-4)8-6-12/h5-8,13-14H,9-11H2,1-4H3. The summed E-state index contributed by atoms with van der Waals surface area (Å²) in [5.74, 6) is 0. The molecule has 2 heterocycles. The average molecular weight is 320 g/mol. The van der Waals surface area contributed by atoms with Crippen molar-refractivity contribution in [1.29, 1.82) is 0 Å². The lowest BCUT2D eigenvalue weighted by molar-refractivity contribution is 0.0215. The number of thioether (sulfide) groups is 1. The summed E-state index contributed by atoms with van der Waals surface area (Å²) in [5, 5.41) is 0. The van der Waals surface area contributed by atoms with Crippen molar-refractivity contribution < 1.29 is 9.53 Å². The summed E-state index contributed by atoms with van der Waals surface area (Å²) in [6, 6.07) is 9.39. The molecule has 120 valence electrons. The number of piperazine rings is 1. The Hall–Kier alpha value is -1.36. The molecule has 0 saturated carbocycles. The number of carbonyl (C=O) groups is 1. The van der Waals surface area contributed by atoms with Crippen molar-refractivity contribution in [1.82, 2.24) is 4.90 Å². The van der Waals surface area contributed by atoms with Crippen LogP contribution in [0.4, 0.5) is 10.5 Å². The summed E-state index contributed by atoms with van der Waals surface area (Å²) in [6.45, 7) is 7.42. The minimum Gasteiger partial charge on any atom is -0.444 e. The van der Waals surface area contributed by atoms with Crippen LogP contribution in [-0.2, 0) is 4.74 Å². The molecule has 22 heavy (non-hydrogen) atoms. The van der Waals surface area contributed by atoms with Gasteiger partial charge >= 0.3 is 6.09 Å². The summed E-state index contributed by atoms with van der Waals surface area (Å²) in [7, 11) is 0. The Morgan fingerprint density at radius 3 is 2.36 bits per heavy atom. The lowest BCUT2D eigenvalue weighted by Crippen LogP contribution is -2.50. The molecule has 2 fully saturated rings. The Morgan fingerprint density at radius 1 is 1.18 bits per heavy atom. The second kappa shape index (κ2) is 5.69. The highest BCUT2D eigenvalue weighted by Gasteiger charge is 2.46. The highest BCUT2D eigenvalue weighted by Crippen LogP contribution is 2.35. The molecule has 2 unspecified atom stereocenters. The molecule has 3 rings (SSSR count). The summed E-state index contributed by atoms with van der Waals surface area (Å²) in [4.78, 5) is 17.9. The van der Waals surface area contributed by atoms with Crippen LogP contribution in [0.15, 0.2) is 29.2 Å². The molecule has 2 aliphatic heterocycles. The van der Waals surface area contributed by atoms with Crippen molar-refractivity contribution in [2.75, 3.05) is 24.2 Å². The fraction of sp³-hybridized carbons (Fsp3) is 0.588. The summed E-state index contributed by atoms with van der Waals surface area (Å²) >= 11 is 1.76. The van der Waals surface area contributed by atoms with Crippen molar-refractivity contribution in [3.05, 3.63) is 24.3 Å². The van der Waals surface area contributed by atoms with Gasteiger partial charge < -0.3 is 14.5 Å². The number of amides is 1. The van der Waals surface area contributed by atoms with Crippen LogP contribution in [0.1, 0.15) is 27.2 Å². The molecule has 0 aromatic heterocycles. The lowest BCUT2D eigenvalue weighted by atomic mass is 10.2. The molecule has 0 spiro atoms. The highest BCUT2D eigenvalue weighted by molar-refractivity contribution is 7.98. The highest BCUT2D eigenvalue weighted by atomic mass is 32.2. The Balaban J connectivity index is 1.65. The van der Waals surface area contributed by atoms with Gasteiger partial charge in [-0.3, -0.25) is 0 Å². The maximum atomic E-state index is 12.3. The Kier molecular flexibility index (Phi) is 4.02. The maximum Gasteiger partial charge on any atom is 0.410 e. The summed E-state index contributed by atoms with van der Waals surface area (Å²) < 4.78 is 5.51. The van der Waals surface area contributed by atoms with Crippen LogP contribution in [0.3, 0.4) is 0 Å². The fourth-order valence-electron chi connectivity index (χ4n) is 3.30. The Bertz CT molecular complexity index is 553. The molecule has 1 amide bonds. The zero-order chi connectivity index (χ0) is 15.9. The van der Waals surface area contributed by atoms with E-state index in [9.17, 15) is 4.79 Å². The normalized spacial score (nSPS) is 24.0. The van der Waals surface area contributed by atoms with Gasteiger partial charge in [0.25, 0.3) is 0 Å². The van der Waals surface area contributed by atoms with Gasteiger partial charge in [-0.2, -0.15) is 0 Å². The van der Waals surface area contributed by atoms with Crippen LogP contribution >= 0.6 is 11.8 Å². The molecule has 5 heteroatoms. The van der Waals surface area contributed by atoms with Gasteiger partial charge in [-0.15, -0.1) is 11.8 Å². The van der Waals surface area contributed by atoms with Crippen molar-refractivity contribution in [2.45, 2.75) is 49.8 Å². The Labute approximate surface area is 136 Å².